The maximum Gasteiger partial charge on any atom is 0.251 e. The number of hydrogen-bond donors (Lipinski definition) is 3. The van der Waals surface area contributed by atoms with Crippen molar-refractivity contribution in [1.29, 1.82) is 0 Å². The van der Waals surface area contributed by atoms with Crippen LogP contribution in [0.15, 0.2) is 18.2 Å². The fourth-order valence-electron chi connectivity index (χ4n) is 2.70. The van der Waals surface area contributed by atoms with Gasteiger partial charge in [-0.1, -0.05) is 0 Å². The van der Waals surface area contributed by atoms with Gasteiger partial charge in [0.2, 0.25) is 5.92 Å². The van der Waals surface area contributed by atoms with E-state index in [0.717, 1.165) is 0 Å². The Kier molecular flexibility index (Phi) is 6.18. The van der Waals surface area contributed by atoms with E-state index in [1.54, 1.807) is 12.1 Å². The molecule has 0 atom stereocenters. The number of carbonyl (C=O) groups excluding carboxylic acids is 1. The number of carbonyl (C=O) groups is 1. The molecule has 1 aromatic rings. The molecule has 1 saturated carbocycles. The highest BCUT2D eigenvalue weighted by molar-refractivity contribution is 5.94. The van der Waals surface area contributed by atoms with Gasteiger partial charge in [-0.25, -0.2) is 8.78 Å². The lowest BCUT2D eigenvalue weighted by Crippen LogP contribution is -2.47. The average molecular weight is 358 g/mol. The number of rotatable bonds is 7. The Balaban J connectivity index is 1.98. The van der Waals surface area contributed by atoms with Gasteiger partial charge in [-0.05, 0) is 31.0 Å². The van der Waals surface area contributed by atoms with E-state index in [2.05, 4.69) is 5.32 Å². The molecule has 0 heterocycles. The van der Waals surface area contributed by atoms with Gasteiger partial charge in [-0.3, -0.25) is 4.79 Å². The molecule has 1 aliphatic carbocycles. The molecule has 0 spiro atoms. The Hall–Kier alpha value is -1.93. The molecular formula is C17H24F2N2O4. The Morgan fingerprint density at radius 1 is 1.28 bits per heavy atom. The van der Waals surface area contributed by atoms with E-state index in [9.17, 15) is 18.7 Å². The zero-order valence-electron chi connectivity index (χ0n) is 14.2. The van der Waals surface area contributed by atoms with Crippen molar-refractivity contribution in [3.8, 4) is 11.5 Å². The molecular weight excluding hydrogens is 334 g/mol. The summed E-state index contributed by atoms with van der Waals surface area (Å²) in [4.78, 5) is 12.3. The molecule has 8 heteroatoms. The summed E-state index contributed by atoms with van der Waals surface area (Å²) in [6.45, 7) is 0.513. The topological polar surface area (TPSA) is 93.8 Å². The van der Waals surface area contributed by atoms with Crippen LogP contribution in [0.1, 0.15) is 36.0 Å². The van der Waals surface area contributed by atoms with Gasteiger partial charge in [0.15, 0.2) is 11.5 Å². The monoisotopic (exact) mass is 358 g/mol. The Bertz CT molecular complexity index is 600. The van der Waals surface area contributed by atoms with Crippen LogP contribution in [0.25, 0.3) is 0 Å². The second-order valence-corrected chi connectivity index (χ2v) is 6.27. The molecule has 0 radical (unpaired) electrons. The number of benzene rings is 1. The molecule has 1 aromatic carbocycles. The van der Waals surface area contributed by atoms with Crippen LogP contribution in [0.3, 0.4) is 0 Å². The van der Waals surface area contributed by atoms with Gasteiger partial charge in [0, 0.05) is 31.5 Å². The van der Waals surface area contributed by atoms with Crippen molar-refractivity contribution < 1.29 is 28.2 Å². The van der Waals surface area contributed by atoms with Crippen LogP contribution in [0, 0.1) is 0 Å². The first-order chi connectivity index (χ1) is 11.8. The number of amides is 1. The van der Waals surface area contributed by atoms with Gasteiger partial charge in [-0.2, -0.15) is 0 Å². The van der Waals surface area contributed by atoms with Crippen molar-refractivity contribution in [2.75, 3.05) is 26.8 Å². The van der Waals surface area contributed by atoms with Crippen LogP contribution < -0.4 is 20.5 Å². The van der Waals surface area contributed by atoms with Crippen molar-refractivity contribution in [3.05, 3.63) is 23.8 Å². The van der Waals surface area contributed by atoms with E-state index in [-0.39, 0.29) is 38.8 Å². The van der Waals surface area contributed by atoms with Gasteiger partial charge < -0.3 is 25.6 Å². The molecule has 4 N–H and O–H groups in total. The highest BCUT2D eigenvalue weighted by Gasteiger charge is 2.42. The molecule has 25 heavy (non-hydrogen) atoms. The number of nitrogens with two attached hydrogens (primary N) is 1. The smallest absolute Gasteiger partial charge is 0.251 e. The predicted molar refractivity (Wildman–Crippen MR) is 88.2 cm³/mol. The summed E-state index contributed by atoms with van der Waals surface area (Å²) in [5.74, 6) is -2.30. The van der Waals surface area contributed by atoms with Crippen LogP contribution in [0.2, 0.25) is 0 Å². The summed E-state index contributed by atoms with van der Waals surface area (Å²) in [5, 5.41) is 12.9. The SMILES string of the molecule is COc1ccc(C(=O)NCC2(O)CCC(F)(F)CC2)cc1OCCN. The highest BCUT2D eigenvalue weighted by atomic mass is 19.3. The zero-order valence-corrected chi connectivity index (χ0v) is 14.2. The van der Waals surface area contributed by atoms with Gasteiger partial charge in [0.1, 0.15) is 6.61 Å². The molecule has 0 saturated heterocycles. The molecule has 0 aliphatic heterocycles. The van der Waals surface area contributed by atoms with Crippen LogP contribution in [-0.4, -0.2) is 49.3 Å². The quantitative estimate of drug-likeness (QED) is 0.690. The van der Waals surface area contributed by atoms with Crippen LogP contribution >= 0.6 is 0 Å². The summed E-state index contributed by atoms with van der Waals surface area (Å²) in [7, 11) is 1.48. The second kappa shape index (κ2) is 7.97. The first kappa shape index (κ1) is 19.4. The van der Waals surface area contributed by atoms with Gasteiger partial charge >= 0.3 is 0 Å². The summed E-state index contributed by atoms with van der Waals surface area (Å²) in [6, 6.07) is 4.67. The fraction of sp³-hybridized carbons (Fsp3) is 0.588. The van der Waals surface area contributed by atoms with E-state index >= 15 is 0 Å². The zero-order chi connectivity index (χ0) is 18.5. The molecule has 2 rings (SSSR count). The maximum absolute atomic E-state index is 13.2. The predicted octanol–water partition coefficient (Wildman–Crippen LogP) is 1.70. The van der Waals surface area contributed by atoms with Crippen LogP contribution in [0.4, 0.5) is 8.78 Å². The average Bonchev–Trinajstić information content (AvgIpc) is 2.60. The molecule has 140 valence electrons. The highest BCUT2D eigenvalue weighted by Crippen LogP contribution is 2.38. The maximum atomic E-state index is 13.2. The summed E-state index contributed by atoms with van der Waals surface area (Å²) in [5.41, 5.74) is 4.42. The lowest BCUT2D eigenvalue weighted by atomic mass is 9.82. The molecule has 0 aromatic heterocycles. The van der Waals surface area contributed by atoms with Crippen molar-refractivity contribution in [3.63, 3.8) is 0 Å². The van der Waals surface area contributed by atoms with Crippen LogP contribution in [-0.2, 0) is 0 Å². The third kappa shape index (κ3) is 5.27. The Morgan fingerprint density at radius 2 is 1.96 bits per heavy atom. The van der Waals surface area contributed by atoms with E-state index < -0.39 is 17.4 Å². The van der Waals surface area contributed by atoms with E-state index in [1.807, 2.05) is 0 Å². The van der Waals surface area contributed by atoms with E-state index in [4.69, 9.17) is 15.2 Å². The third-order valence-electron chi connectivity index (χ3n) is 4.29. The number of aliphatic hydroxyl groups is 1. The third-order valence-corrected chi connectivity index (χ3v) is 4.29. The molecule has 1 amide bonds. The largest absolute Gasteiger partial charge is 0.493 e. The van der Waals surface area contributed by atoms with Crippen molar-refractivity contribution in [1.82, 2.24) is 5.32 Å². The Morgan fingerprint density at radius 3 is 2.56 bits per heavy atom. The minimum absolute atomic E-state index is 0.0479. The van der Waals surface area contributed by atoms with Gasteiger partial charge in [0.05, 0.1) is 12.7 Å². The number of methoxy groups -OCH3 is 1. The first-order valence-corrected chi connectivity index (χ1v) is 8.18. The lowest BCUT2D eigenvalue weighted by Gasteiger charge is -2.35. The number of halogens is 2. The van der Waals surface area contributed by atoms with E-state index in [0.29, 0.717) is 23.6 Å². The van der Waals surface area contributed by atoms with Crippen molar-refractivity contribution in [2.45, 2.75) is 37.2 Å². The van der Waals surface area contributed by atoms with Crippen molar-refractivity contribution in [2.24, 2.45) is 5.73 Å². The summed E-state index contributed by atoms with van der Waals surface area (Å²) in [6.07, 6.45) is -0.848. The number of nitrogens with one attached hydrogen (secondary N) is 1. The van der Waals surface area contributed by atoms with Gasteiger partial charge in [0.25, 0.3) is 5.91 Å². The summed E-state index contributed by atoms with van der Waals surface area (Å²) < 4.78 is 37.0. The number of alkyl halides is 2. The molecule has 0 bridgehead atoms. The van der Waals surface area contributed by atoms with Crippen LogP contribution in [0.5, 0.6) is 11.5 Å². The Labute approximate surface area is 145 Å². The first-order valence-electron chi connectivity index (χ1n) is 8.18. The minimum atomic E-state index is -2.73. The fourth-order valence-corrected chi connectivity index (χ4v) is 2.70. The lowest BCUT2D eigenvalue weighted by molar-refractivity contribution is -0.101. The van der Waals surface area contributed by atoms with Gasteiger partial charge in [-0.15, -0.1) is 0 Å². The van der Waals surface area contributed by atoms with Crippen molar-refractivity contribution >= 4 is 5.91 Å². The normalized spacial score (nSPS) is 18.4. The molecule has 1 aliphatic rings. The van der Waals surface area contributed by atoms with E-state index in [1.165, 1.54) is 13.2 Å². The molecule has 0 unspecified atom stereocenters. The number of hydrogen-bond acceptors (Lipinski definition) is 5. The standard InChI is InChI=1S/C17H24F2N2O4/c1-24-13-3-2-12(10-14(13)25-9-8-20)15(22)21-11-16(23)4-6-17(18,19)7-5-16/h2-3,10,23H,4-9,11,20H2,1H3,(H,21,22). The summed E-state index contributed by atoms with van der Waals surface area (Å²) >= 11 is 0. The minimum Gasteiger partial charge on any atom is -0.493 e. The number of ether oxygens (including phenoxy) is 2. The molecule has 6 nitrogen and oxygen atoms in total. The second-order valence-electron chi connectivity index (χ2n) is 6.27. The molecule has 1 fully saturated rings.